The zero-order chi connectivity index (χ0) is 19.6. The lowest BCUT2D eigenvalue weighted by Crippen LogP contribution is -2.03. The summed E-state index contributed by atoms with van der Waals surface area (Å²) in [6, 6.07) is 1.87. The molecular formula is C15H19N9O2S. The van der Waals surface area contributed by atoms with Gasteiger partial charge in [0.1, 0.15) is 17.1 Å². The van der Waals surface area contributed by atoms with Gasteiger partial charge < -0.3 is 0 Å². The number of hydrogen-bond donors (Lipinski definition) is 0. The zero-order valence-electron chi connectivity index (χ0n) is 15.4. The van der Waals surface area contributed by atoms with Gasteiger partial charge in [0, 0.05) is 12.7 Å². The highest BCUT2D eigenvalue weighted by Gasteiger charge is 2.22. The minimum Gasteiger partial charge on any atom is -0.272 e. The van der Waals surface area contributed by atoms with Crippen LogP contribution in [0.25, 0.3) is 0 Å². The van der Waals surface area contributed by atoms with E-state index in [1.54, 1.807) is 36.3 Å². The van der Waals surface area contributed by atoms with Crippen molar-refractivity contribution in [2.75, 3.05) is 0 Å². The van der Waals surface area contributed by atoms with Crippen LogP contribution in [0.4, 0.5) is 5.69 Å². The number of nitrogens with zero attached hydrogens (tertiary/aromatic N) is 9. The second-order valence-corrected chi connectivity index (χ2v) is 6.64. The first-order chi connectivity index (χ1) is 12.9. The van der Waals surface area contributed by atoms with E-state index < -0.39 is 4.92 Å². The molecule has 0 unspecified atom stereocenters. The fourth-order valence-corrected chi connectivity index (χ4v) is 3.39. The van der Waals surface area contributed by atoms with E-state index in [2.05, 4.69) is 25.5 Å². The molecule has 0 amide bonds. The molecule has 0 aliphatic rings. The Labute approximate surface area is 159 Å². The molecule has 0 saturated carbocycles. The highest BCUT2D eigenvalue weighted by molar-refractivity contribution is 7.98. The highest BCUT2D eigenvalue weighted by atomic mass is 32.2. The number of rotatable bonds is 7. The van der Waals surface area contributed by atoms with Crippen LogP contribution in [-0.2, 0) is 12.4 Å². The Morgan fingerprint density at radius 3 is 2.70 bits per heavy atom. The number of thioether (sulfide) groups is 1. The summed E-state index contributed by atoms with van der Waals surface area (Å²) in [6.45, 7) is 7.90. The molecule has 0 aliphatic carbocycles. The molecule has 27 heavy (non-hydrogen) atoms. The first-order valence-electron chi connectivity index (χ1n) is 8.21. The molecule has 0 atom stereocenters. The predicted octanol–water partition coefficient (Wildman–Crippen LogP) is 2.16. The molecule has 0 saturated heterocycles. The van der Waals surface area contributed by atoms with Crippen molar-refractivity contribution in [3.8, 4) is 0 Å². The Morgan fingerprint density at radius 2 is 2.07 bits per heavy atom. The largest absolute Gasteiger partial charge is 0.312 e. The molecule has 3 heterocycles. The Kier molecular flexibility index (Phi) is 5.35. The van der Waals surface area contributed by atoms with Crippen LogP contribution in [0.15, 0.2) is 22.5 Å². The maximum atomic E-state index is 11.1. The first kappa shape index (κ1) is 18.8. The molecule has 142 valence electrons. The lowest BCUT2D eigenvalue weighted by molar-refractivity contribution is -0.386. The van der Waals surface area contributed by atoms with Crippen LogP contribution < -0.4 is 0 Å². The van der Waals surface area contributed by atoms with Gasteiger partial charge in [0.2, 0.25) is 5.16 Å². The number of aromatic nitrogens is 7. The molecule has 0 aliphatic heterocycles. The van der Waals surface area contributed by atoms with Gasteiger partial charge in [0.25, 0.3) is 0 Å². The number of aryl methyl sites for hydroxylation is 3. The highest BCUT2D eigenvalue weighted by Crippen LogP contribution is 2.25. The van der Waals surface area contributed by atoms with Crippen LogP contribution in [0.3, 0.4) is 0 Å². The van der Waals surface area contributed by atoms with E-state index >= 15 is 0 Å². The minimum atomic E-state index is -0.411. The summed E-state index contributed by atoms with van der Waals surface area (Å²) < 4.78 is 5.00. The summed E-state index contributed by atoms with van der Waals surface area (Å²) in [6.07, 6.45) is 3.52. The molecule has 3 rings (SSSR count). The molecular weight excluding hydrogens is 370 g/mol. The monoisotopic (exact) mass is 389 g/mol. The van der Waals surface area contributed by atoms with Gasteiger partial charge in [-0.3, -0.25) is 19.5 Å². The third-order valence-corrected chi connectivity index (χ3v) is 4.79. The van der Waals surface area contributed by atoms with Gasteiger partial charge in [-0.1, -0.05) is 11.8 Å². The van der Waals surface area contributed by atoms with Gasteiger partial charge in [-0.15, -0.1) is 10.2 Å². The number of nitro groups is 1. The van der Waals surface area contributed by atoms with Crippen LogP contribution in [0.5, 0.6) is 0 Å². The molecule has 0 fully saturated rings. The van der Waals surface area contributed by atoms with E-state index in [1.165, 1.54) is 11.8 Å². The summed E-state index contributed by atoms with van der Waals surface area (Å²) in [7, 11) is 0. The standard InChI is InChI=1S/C15H19N9O2S/c1-5-21-7-6-13(20-21)8-16-23-12(4)17-18-15(23)27-9-22-11(3)14(24(25)26)10(2)19-22/h6-8H,5,9H2,1-4H3/b16-8-. The van der Waals surface area contributed by atoms with Gasteiger partial charge in [0.15, 0.2) is 5.82 Å². The minimum absolute atomic E-state index is 0.0396. The first-order valence-corrected chi connectivity index (χ1v) is 9.20. The van der Waals surface area contributed by atoms with Gasteiger partial charge >= 0.3 is 5.69 Å². The Bertz CT molecular complexity index is 1000. The molecule has 0 spiro atoms. The summed E-state index contributed by atoms with van der Waals surface area (Å²) >= 11 is 1.34. The lowest BCUT2D eigenvalue weighted by Gasteiger charge is -2.03. The third-order valence-electron chi connectivity index (χ3n) is 3.90. The Hall–Kier alpha value is -3.02. The van der Waals surface area contributed by atoms with E-state index in [4.69, 9.17) is 0 Å². The topological polar surface area (TPSA) is 122 Å². The summed E-state index contributed by atoms with van der Waals surface area (Å²) in [5.74, 6) is 0.988. The summed E-state index contributed by atoms with van der Waals surface area (Å²) in [5, 5.41) is 32.8. The Morgan fingerprint density at radius 1 is 1.30 bits per heavy atom. The van der Waals surface area contributed by atoms with Crippen LogP contribution in [0.1, 0.15) is 29.8 Å². The van der Waals surface area contributed by atoms with Crippen LogP contribution >= 0.6 is 11.8 Å². The second-order valence-electron chi connectivity index (χ2n) is 5.73. The van der Waals surface area contributed by atoms with Crippen molar-refractivity contribution < 1.29 is 4.92 Å². The van der Waals surface area contributed by atoms with Crippen molar-refractivity contribution in [1.82, 2.24) is 34.4 Å². The van der Waals surface area contributed by atoms with Crippen molar-refractivity contribution in [2.24, 2.45) is 5.10 Å². The average Bonchev–Trinajstić information content (AvgIpc) is 3.29. The van der Waals surface area contributed by atoms with E-state index in [0.29, 0.717) is 28.2 Å². The quantitative estimate of drug-likeness (QED) is 0.263. The lowest BCUT2D eigenvalue weighted by atomic mass is 10.3. The van der Waals surface area contributed by atoms with Gasteiger partial charge in [0.05, 0.1) is 17.0 Å². The number of hydrogen-bond acceptors (Lipinski definition) is 8. The SMILES string of the molecule is CCn1ccc(/C=N\n2c(C)nnc2SCn2nc(C)c([N+](=O)[O-])c2C)n1. The molecule has 12 heteroatoms. The van der Waals surface area contributed by atoms with E-state index in [1.807, 2.05) is 23.9 Å². The van der Waals surface area contributed by atoms with Crippen LogP contribution in [0, 0.1) is 30.9 Å². The Balaban J connectivity index is 1.77. The van der Waals surface area contributed by atoms with Crippen molar-refractivity contribution in [3.05, 3.63) is 45.3 Å². The summed E-state index contributed by atoms with van der Waals surface area (Å²) in [5.41, 5.74) is 1.66. The predicted molar refractivity (Wildman–Crippen MR) is 99.9 cm³/mol. The van der Waals surface area contributed by atoms with Gasteiger partial charge in [-0.05, 0) is 33.8 Å². The molecule has 0 N–H and O–H groups in total. The molecule has 0 radical (unpaired) electrons. The van der Waals surface area contributed by atoms with Crippen molar-refractivity contribution in [2.45, 2.75) is 45.3 Å². The fraction of sp³-hybridized carbons (Fsp3) is 0.400. The average molecular weight is 389 g/mol. The second kappa shape index (κ2) is 7.70. The fourth-order valence-electron chi connectivity index (χ4n) is 2.50. The van der Waals surface area contributed by atoms with Crippen molar-refractivity contribution in [3.63, 3.8) is 0 Å². The maximum absolute atomic E-state index is 11.1. The molecule has 3 aromatic heterocycles. The van der Waals surface area contributed by atoms with Gasteiger partial charge in [-0.25, -0.2) is 0 Å². The van der Waals surface area contributed by atoms with Crippen molar-refractivity contribution >= 4 is 23.7 Å². The van der Waals surface area contributed by atoms with E-state index in [9.17, 15) is 10.1 Å². The smallest absolute Gasteiger partial charge is 0.272 e. The molecule has 0 bridgehead atoms. The summed E-state index contributed by atoms with van der Waals surface area (Å²) in [4.78, 5) is 10.7. The van der Waals surface area contributed by atoms with Crippen LogP contribution in [0.2, 0.25) is 0 Å². The normalized spacial score (nSPS) is 11.6. The van der Waals surface area contributed by atoms with Crippen LogP contribution in [-0.4, -0.2) is 45.6 Å². The molecule has 0 aromatic carbocycles. The third kappa shape index (κ3) is 3.89. The van der Waals surface area contributed by atoms with Crippen molar-refractivity contribution in [1.29, 1.82) is 0 Å². The molecule has 11 nitrogen and oxygen atoms in total. The van der Waals surface area contributed by atoms with E-state index in [0.717, 1.165) is 12.2 Å². The maximum Gasteiger partial charge on any atom is 0.312 e. The van der Waals surface area contributed by atoms with Gasteiger partial charge in [-0.2, -0.15) is 20.0 Å². The molecule has 3 aromatic rings. The van der Waals surface area contributed by atoms with E-state index in [-0.39, 0.29) is 5.69 Å². The zero-order valence-corrected chi connectivity index (χ0v) is 16.2.